The zero-order chi connectivity index (χ0) is 21.2. The molecule has 1 saturated carbocycles. The van der Waals surface area contributed by atoms with Crippen molar-refractivity contribution in [1.29, 1.82) is 0 Å². The van der Waals surface area contributed by atoms with Gasteiger partial charge in [0.05, 0.1) is 12.5 Å². The smallest absolute Gasteiger partial charge is 0.389 e. The van der Waals surface area contributed by atoms with Gasteiger partial charge in [-0.3, -0.25) is 4.79 Å². The number of carboxylic acid groups (broad SMARTS) is 1. The van der Waals surface area contributed by atoms with Crippen molar-refractivity contribution in [2.24, 2.45) is 11.8 Å². The number of ether oxygens (including phenoxy) is 1. The first-order valence-electron chi connectivity index (χ1n) is 10.1. The quantitative estimate of drug-likeness (QED) is 0.602. The number of rotatable bonds is 8. The van der Waals surface area contributed by atoms with Crippen LogP contribution in [0.5, 0.6) is 5.75 Å². The number of aliphatic carboxylic acids is 1. The van der Waals surface area contributed by atoms with Gasteiger partial charge in [-0.05, 0) is 67.4 Å². The number of benzene rings is 1. The number of nitrogens with one attached hydrogen (secondary N) is 1. The molecule has 0 bridgehead atoms. The van der Waals surface area contributed by atoms with Gasteiger partial charge in [0, 0.05) is 18.5 Å². The standard InChI is InChI=1S/C22H28F3NO3/c1-13-8-16-11-19(29-7-3-6-22(23,24)25)5-4-15(16)12-20(13)14(2)26-18-9-17(10-18)21(27)28/h4-5,11-14,17-18,26H,3,6-10H2,1-2H3,(H,27,28)/t13-,14?,17?,18?/m1/s1. The molecule has 1 aromatic rings. The van der Waals surface area contributed by atoms with Gasteiger partial charge in [-0.2, -0.15) is 13.2 Å². The Morgan fingerprint density at radius 3 is 2.72 bits per heavy atom. The third kappa shape index (κ3) is 5.75. The Bertz CT molecular complexity index is 769. The topological polar surface area (TPSA) is 58.6 Å². The SMILES string of the molecule is CC(NC1CC(C(=O)O)C1)C1=Cc2ccc(OCCCC(F)(F)F)cc2C[C@H]1C. The van der Waals surface area contributed by atoms with E-state index in [0.717, 1.165) is 17.5 Å². The highest BCUT2D eigenvalue weighted by molar-refractivity contribution is 5.71. The summed E-state index contributed by atoms with van der Waals surface area (Å²) in [4.78, 5) is 11.0. The van der Waals surface area contributed by atoms with Gasteiger partial charge < -0.3 is 15.2 Å². The van der Waals surface area contributed by atoms with Crippen LogP contribution in [0.3, 0.4) is 0 Å². The molecular formula is C22H28F3NO3. The summed E-state index contributed by atoms with van der Waals surface area (Å²) in [5.41, 5.74) is 3.53. The van der Waals surface area contributed by atoms with Gasteiger partial charge in [0.25, 0.3) is 0 Å². The normalized spacial score (nSPS) is 24.9. The minimum atomic E-state index is -4.14. The first-order chi connectivity index (χ1) is 13.6. The van der Waals surface area contributed by atoms with Crippen molar-refractivity contribution < 1.29 is 27.8 Å². The van der Waals surface area contributed by atoms with Crippen LogP contribution >= 0.6 is 0 Å². The molecule has 0 aliphatic heterocycles. The second-order valence-corrected chi connectivity index (χ2v) is 8.27. The Labute approximate surface area is 169 Å². The van der Waals surface area contributed by atoms with Crippen LogP contribution in [0.25, 0.3) is 6.08 Å². The van der Waals surface area contributed by atoms with Gasteiger partial charge in [-0.15, -0.1) is 0 Å². The molecule has 160 valence electrons. The van der Waals surface area contributed by atoms with Crippen molar-refractivity contribution in [3.05, 3.63) is 34.9 Å². The third-order valence-electron chi connectivity index (χ3n) is 5.88. The average Bonchev–Trinajstić information content (AvgIpc) is 2.59. The molecule has 3 rings (SSSR count). The lowest BCUT2D eigenvalue weighted by atomic mass is 9.78. The molecule has 4 nitrogen and oxygen atoms in total. The fraction of sp³-hybridized carbons (Fsp3) is 0.591. The van der Waals surface area contributed by atoms with E-state index in [0.29, 0.717) is 24.5 Å². The van der Waals surface area contributed by atoms with E-state index in [1.54, 1.807) is 6.07 Å². The molecule has 2 N–H and O–H groups in total. The molecular weight excluding hydrogens is 383 g/mol. The maximum absolute atomic E-state index is 12.2. The maximum atomic E-state index is 12.2. The van der Waals surface area contributed by atoms with Gasteiger partial charge in [-0.1, -0.05) is 19.1 Å². The second-order valence-electron chi connectivity index (χ2n) is 8.27. The summed E-state index contributed by atoms with van der Waals surface area (Å²) >= 11 is 0. The predicted octanol–water partition coefficient (Wildman–Crippen LogP) is 4.82. The molecule has 1 fully saturated rings. The Hall–Kier alpha value is -2.02. The highest BCUT2D eigenvalue weighted by Crippen LogP contribution is 2.34. The summed E-state index contributed by atoms with van der Waals surface area (Å²) in [5, 5.41) is 12.6. The molecule has 2 aliphatic rings. The van der Waals surface area contributed by atoms with Crippen LogP contribution in [-0.2, 0) is 11.2 Å². The molecule has 2 aliphatic carbocycles. The van der Waals surface area contributed by atoms with Crippen molar-refractivity contribution >= 4 is 12.0 Å². The summed E-state index contributed by atoms with van der Waals surface area (Å²) in [6.45, 7) is 4.32. The molecule has 1 unspecified atom stereocenters. The van der Waals surface area contributed by atoms with E-state index < -0.39 is 18.6 Å². The van der Waals surface area contributed by atoms with Gasteiger partial charge in [0.2, 0.25) is 0 Å². The Balaban J connectivity index is 1.57. The van der Waals surface area contributed by atoms with Crippen LogP contribution in [0.15, 0.2) is 23.8 Å². The van der Waals surface area contributed by atoms with Crippen molar-refractivity contribution in [2.45, 2.75) is 64.2 Å². The van der Waals surface area contributed by atoms with Crippen molar-refractivity contribution in [3.8, 4) is 5.75 Å². The number of fused-ring (bicyclic) bond motifs is 1. The zero-order valence-corrected chi connectivity index (χ0v) is 16.8. The number of carboxylic acids is 1. The molecule has 0 aromatic heterocycles. The van der Waals surface area contributed by atoms with Crippen LogP contribution in [-0.4, -0.2) is 35.9 Å². The first-order valence-corrected chi connectivity index (χ1v) is 10.1. The summed E-state index contributed by atoms with van der Waals surface area (Å²) < 4.78 is 42.2. The van der Waals surface area contributed by atoms with Crippen LogP contribution in [0.2, 0.25) is 0 Å². The second kappa shape index (κ2) is 8.78. The molecule has 0 amide bonds. The minimum absolute atomic E-state index is 0.0475. The van der Waals surface area contributed by atoms with Gasteiger partial charge in [0.15, 0.2) is 0 Å². The summed E-state index contributed by atoms with van der Waals surface area (Å²) in [5.74, 6) is -0.0183. The van der Waals surface area contributed by atoms with E-state index in [-0.39, 0.29) is 31.0 Å². The van der Waals surface area contributed by atoms with Crippen molar-refractivity contribution in [1.82, 2.24) is 5.32 Å². The minimum Gasteiger partial charge on any atom is -0.494 e. The lowest BCUT2D eigenvalue weighted by Gasteiger charge is -2.37. The third-order valence-corrected chi connectivity index (χ3v) is 5.88. The van der Waals surface area contributed by atoms with E-state index in [1.807, 2.05) is 12.1 Å². The fourth-order valence-electron chi connectivity index (χ4n) is 4.18. The Morgan fingerprint density at radius 1 is 1.34 bits per heavy atom. The zero-order valence-electron chi connectivity index (χ0n) is 16.8. The largest absolute Gasteiger partial charge is 0.494 e. The Morgan fingerprint density at radius 2 is 2.07 bits per heavy atom. The van der Waals surface area contributed by atoms with Gasteiger partial charge >= 0.3 is 12.1 Å². The highest BCUT2D eigenvalue weighted by Gasteiger charge is 2.35. The summed E-state index contributed by atoms with van der Waals surface area (Å²) in [6.07, 6.45) is -0.667. The van der Waals surface area contributed by atoms with Gasteiger partial charge in [-0.25, -0.2) is 0 Å². The maximum Gasteiger partial charge on any atom is 0.389 e. The molecule has 29 heavy (non-hydrogen) atoms. The van der Waals surface area contributed by atoms with E-state index in [9.17, 15) is 18.0 Å². The molecule has 0 spiro atoms. The van der Waals surface area contributed by atoms with E-state index in [1.165, 1.54) is 5.57 Å². The lowest BCUT2D eigenvalue weighted by Crippen LogP contribution is -2.48. The van der Waals surface area contributed by atoms with Crippen LogP contribution in [0.1, 0.15) is 50.7 Å². The molecule has 2 atom stereocenters. The van der Waals surface area contributed by atoms with Crippen molar-refractivity contribution in [2.75, 3.05) is 6.61 Å². The van der Waals surface area contributed by atoms with E-state index in [4.69, 9.17) is 9.84 Å². The highest BCUT2D eigenvalue weighted by atomic mass is 19.4. The molecule has 0 saturated heterocycles. The van der Waals surface area contributed by atoms with E-state index in [2.05, 4.69) is 25.2 Å². The fourth-order valence-corrected chi connectivity index (χ4v) is 4.18. The summed E-state index contributed by atoms with van der Waals surface area (Å²) in [7, 11) is 0. The number of alkyl halides is 3. The van der Waals surface area contributed by atoms with Crippen LogP contribution in [0, 0.1) is 11.8 Å². The first kappa shape index (κ1) is 21.7. The van der Waals surface area contributed by atoms with Crippen LogP contribution < -0.4 is 10.1 Å². The number of hydrogen-bond donors (Lipinski definition) is 2. The summed E-state index contributed by atoms with van der Waals surface area (Å²) in [6, 6.07) is 6.09. The number of halogens is 3. The molecule has 7 heteroatoms. The molecule has 1 aromatic carbocycles. The average molecular weight is 411 g/mol. The van der Waals surface area contributed by atoms with Crippen molar-refractivity contribution in [3.63, 3.8) is 0 Å². The molecule has 0 heterocycles. The lowest BCUT2D eigenvalue weighted by molar-refractivity contribution is -0.145. The van der Waals surface area contributed by atoms with Gasteiger partial charge in [0.1, 0.15) is 5.75 Å². The number of carbonyl (C=O) groups is 1. The predicted molar refractivity (Wildman–Crippen MR) is 105 cm³/mol. The van der Waals surface area contributed by atoms with E-state index >= 15 is 0 Å². The number of hydrogen-bond acceptors (Lipinski definition) is 3. The Kier molecular flexibility index (Phi) is 6.56. The molecule has 0 radical (unpaired) electrons. The monoisotopic (exact) mass is 411 g/mol. The van der Waals surface area contributed by atoms with Crippen LogP contribution in [0.4, 0.5) is 13.2 Å².